The van der Waals surface area contributed by atoms with E-state index in [-0.39, 0.29) is 23.2 Å². The predicted molar refractivity (Wildman–Crippen MR) is 49.8 cm³/mol. The van der Waals surface area contributed by atoms with Crippen LogP contribution in [0.4, 0.5) is 8.78 Å². The highest BCUT2D eigenvalue weighted by atomic mass is 19.1. The molecule has 2 nitrogen and oxygen atoms in total. The largest absolute Gasteiger partial charge is 0.387 e. The number of hydrogen-bond donors (Lipinski definition) is 2. The van der Waals surface area contributed by atoms with E-state index in [0.29, 0.717) is 0 Å². The summed E-state index contributed by atoms with van der Waals surface area (Å²) in [5.74, 6) is -1.27. The Hall–Kier alpha value is -1.00. The molecule has 4 heteroatoms. The highest BCUT2D eigenvalue weighted by Gasteiger charge is 2.16. The van der Waals surface area contributed by atoms with Crippen molar-refractivity contribution in [3.05, 3.63) is 34.4 Å². The average Bonchev–Trinajstić information content (AvgIpc) is 2.19. The molecule has 3 N–H and O–H groups in total. The van der Waals surface area contributed by atoms with Crippen LogP contribution in [0.5, 0.6) is 0 Å². The van der Waals surface area contributed by atoms with Crippen LogP contribution in [0.1, 0.15) is 22.8 Å². The van der Waals surface area contributed by atoms with Gasteiger partial charge in [0, 0.05) is 12.1 Å². The second-order valence-corrected chi connectivity index (χ2v) is 3.26. The zero-order chi connectivity index (χ0) is 10.9. The first kappa shape index (κ1) is 11.1. The minimum absolute atomic E-state index is 0.0320. The summed E-state index contributed by atoms with van der Waals surface area (Å²) in [6.45, 7) is 2.80. The first-order valence-electron chi connectivity index (χ1n) is 4.32. The van der Waals surface area contributed by atoms with Crippen molar-refractivity contribution in [2.75, 3.05) is 6.54 Å². The number of aliphatic hydroxyl groups excluding tert-OH is 1. The zero-order valence-electron chi connectivity index (χ0n) is 8.14. The first-order valence-corrected chi connectivity index (χ1v) is 4.32. The van der Waals surface area contributed by atoms with Crippen molar-refractivity contribution in [1.29, 1.82) is 0 Å². The number of halogens is 2. The van der Waals surface area contributed by atoms with Crippen LogP contribution < -0.4 is 5.73 Å². The molecule has 0 amide bonds. The summed E-state index contributed by atoms with van der Waals surface area (Å²) >= 11 is 0. The van der Waals surface area contributed by atoms with Gasteiger partial charge in [-0.15, -0.1) is 0 Å². The van der Waals surface area contributed by atoms with Crippen LogP contribution in [0, 0.1) is 25.5 Å². The van der Waals surface area contributed by atoms with E-state index in [2.05, 4.69) is 0 Å². The Morgan fingerprint density at radius 3 is 2.43 bits per heavy atom. The van der Waals surface area contributed by atoms with Gasteiger partial charge in [0.2, 0.25) is 0 Å². The molecule has 0 aromatic heterocycles. The van der Waals surface area contributed by atoms with E-state index in [1.165, 1.54) is 13.8 Å². The van der Waals surface area contributed by atoms with Crippen LogP contribution in [0.25, 0.3) is 0 Å². The fraction of sp³-hybridized carbons (Fsp3) is 0.400. The SMILES string of the molecule is Cc1c(F)cc(C(O)CN)c(C)c1F. The lowest BCUT2D eigenvalue weighted by Gasteiger charge is -2.13. The zero-order valence-corrected chi connectivity index (χ0v) is 8.14. The van der Waals surface area contributed by atoms with E-state index < -0.39 is 17.7 Å². The molecular weight excluding hydrogens is 188 g/mol. The Labute approximate surface area is 81.4 Å². The first-order chi connectivity index (χ1) is 6.49. The second kappa shape index (κ2) is 4.02. The maximum absolute atomic E-state index is 13.4. The predicted octanol–water partition coefficient (Wildman–Crippen LogP) is 1.57. The molecule has 0 saturated carbocycles. The highest BCUT2D eigenvalue weighted by Crippen LogP contribution is 2.24. The fourth-order valence-corrected chi connectivity index (χ4v) is 1.34. The molecule has 0 aliphatic carbocycles. The Balaban J connectivity index is 3.33. The van der Waals surface area contributed by atoms with Crippen molar-refractivity contribution >= 4 is 0 Å². The number of benzene rings is 1. The van der Waals surface area contributed by atoms with Gasteiger partial charge in [0.15, 0.2) is 0 Å². The summed E-state index contributed by atoms with van der Waals surface area (Å²) in [6, 6.07) is 1.13. The standard InChI is InChI=1S/C10H13F2NO/c1-5-7(9(14)4-13)3-8(11)6(2)10(5)12/h3,9,14H,4,13H2,1-2H3. The molecule has 1 aromatic rings. The minimum Gasteiger partial charge on any atom is -0.387 e. The summed E-state index contributed by atoms with van der Waals surface area (Å²) in [7, 11) is 0. The van der Waals surface area contributed by atoms with E-state index in [1.54, 1.807) is 0 Å². The van der Waals surface area contributed by atoms with Crippen molar-refractivity contribution in [2.45, 2.75) is 20.0 Å². The summed E-state index contributed by atoms with van der Waals surface area (Å²) in [5, 5.41) is 9.39. The molecule has 1 rings (SSSR count). The van der Waals surface area contributed by atoms with E-state index in [1.807, 2.05) is 0 Å². The molecule has 0 aliphatic rings. The van der Waals surface area contributed by atoms with Crippen LogP contribution in [-0.2, 0) is 0 Å². The van der Waals surface area contributed by atoms with Crippen LogP contribution in [0.3, 0.4) is 0 Å². The Bertz CT molecular complexity index is 352. The van der Waals surface area contributed by atoms with Crippen molar-refractivity contribution in [1.82, 2.24) is 0 Å². The monoisotopic (exact) mass is 201 g/mol. The molecule has 1 atom stereocenters. The maximum atomic E-state index is 13.4. The van der Waals surface area contributed by atoms with Gasteiger partial charge in [-0.1, -0.05) is 0 Å². The van der Waals surface area contributed by atoms with Gasteiger partial charge in [-0.3, -0.25) is 0 Å². The molecule has 1 aromatic carbocycles. The molecule has 0 heterocycles. The van der Waals surface area contributed by atoms with Crippen LogP contribution in [0.2, 0.25) is 0 Å². The number of hydrogen-bond acceptors (Lipinski definition) is 2. The quantitative estimate of drug-likeness (QED) is 0.763. The Kier molecular flexibility index (Phi) is 3.18. The minimum atomic E-state index is -1.01. The number of aliphatic hydroxyl groups is 1. The molecule has 0 bridgehead atoms. The van der Waals surface area contributed by atoms with Gasteiger partial charge in [-0.2, -0.15) is 0 Å². The molecule has 78 valence electrons. The summed E-state index contributed by atoms with van der Waals surface area (Å²) in [6.07, 6.45) is -1.01. The molecule has 0 fully saturated rings. The third-order valence-corrected chi connectivity index (χ3v) is 2.31. The lowest BCUT2D eigenvalue weighted by Crippen LogP contribution is -2.14. The van der Waals surface area contributed by atoms with Crippen molar-refractivity contribution in [3.8, 4) is 0 Å². The van der Waals surface area contributed by atoms with Crippen molar-refractivity contribution in [3.63, 3.8) is 0 Å². The summed E-state index contributed by atoms with van der Waals surface area (Å²) in [5.41, 5.74) is 5.65. The smallest absolute Gasteiger partial charge is 0.132 e. The van der Waals surface area contributed by atoms with Crippen LogP contribution in [-0.4, -0.2) is 11.7 Å². The summed E-state index contributed by atoms with van der Waals surface area (Å²) in [4.78, 5) is 0. The topological polar surface area (TPSA) is 46.2 Å². The van der Waals surface area contributed by atoms with Gasteiger partial charge >= 0.3 is 0 Å². The van der Waals surface area contributed by atoms with Gasteiger partial charge in [0.05, 0.1) is 6.10 Å². The van der Waals surface area contributed by atoms with Crippen LogP contribution in [0.15, 0.2) is 6.07 Å². The van der Waals surface area contributed by atoms with Crippen molar-refractivity contribution in [2.24, 2.45) is 5.73 Å². The molecule has 14 heavy (non-hydrogen) atoms. The highest BCUT2D eigenvalue weighted by molar-refractivity contribution is 5.35. The van der Waals surface area contributed by atoms with E-state index in [9.17, 15) is 13.9 Å². The van der Waals surface area contributed by atoms with Crippen molar-refractivity contribution < 1.29 is 13.9 Å². The van der Waals surface area contributed by atoms with Gasteiger partial charge in [0.25, 0.3) is 0 Å². The molecule has 0 radical (unpaired) electrons. The third kappa shape index (κ3) is 1.76. The van der Waals surface area contributed by atoms with Crippen LogP contribution >= 0.6 is 0 Å². The Morgan fingerprint density at radius 1 is 1.36 bits per heavy atom. The van der Waals surface area contributed by atoms with Gasteiger partial charge in [-0.25, -0.2) is 8.78 Å². The lowest BCUT2D eigenvalue weighted by atomic mass is 10.00. The summed E-state index contributed by atoms with van der Waals surface area (Å²) < 4.78 is 26.5. The Morgan fingerprint density at radius 2 is 1.93 bits per heavy atom. The van der Waals surface area contributed by atoms with Gasteiger partial charge < -0.3 is 10.8 Å². The lowest BCUT2D eigenvalue weighted by molar-refractivity contribution is 0.185. The van der Waals surface area contributed by atoms with E-state index in [4.69, 9.17) is 5.73 Å². The normalized spacial score (nSPS) is 13.0. The van der Waals surface area contributed by atoms with Gasteiger partial charge in [-0.05, 0) is 31.0 Å². The molecule has 0 aliphatic heterocycles. The van der Waals surface area contributed by atoms with E-state index >= 15 is 0 Å². The maximum Gasteiger partial charge on any atom is 0.132 e. The average molecular weight is 201 g/mol. The molecule has 1 unspecified atom stereocenters. The molecule has 0 saturated heterocycles. The van der Waals surface area contributed by atoms with E-state index in [0.717, 1.165) is 6.07 Å². The third-order valence-electron chi connectivity index (χ3n) is 2.31. The number of rotatable bonds is 2. The van der Waals surface area contributed by atoms with Gasteiger partial charge in [0.1, 0.15) is 11.6 Å². The molecular formula is C10H13F2NO. The fourth-order valence-electron chi connectivity index (χ4n) is 1.34. The second-order valence-electron chi connectivity index (χ2n) is 3.26. The molecule has 0 spiro atoms. The number of nitrogens with two attached hydrogens (primary N) is 1.